The van der Waals surface area contributed by atoms with E-state index in [-0.39, 0.29) is 0 Å². The summed E-state index contributed by atoms with van der Waals surface area (Å²) in [6, 6.07) is -0.516. The molecule has 0 bridgehead atoms. The number of hydroxylamine groups is 2. The van der Waals surface area contributed by atoms with Crippen LogP contribution < -0.4 is 0 Å². The van der Waals surface area contributed by atoms with Crippen LogP contribution in [0.3, 0.4) is 0 Å². The number of hydrogen-bond donors (Lipinski definition) is 0. The van der Waals surface area contributed by atoms with Gasteiger partial charge in [-0.2, -0.15) is 0 Å². The Morgan fingerprint density at radius 3 is 1.93 bits per heavy atom. The van der Waals surface area contributed by atoms with E-state index in [1.807, 2.05) is 0 Å². The fourth-order valence-electron chi connectivity index (χ4n) is 1.07. The van der Waals surface area contributed by atoms with Crippen LogP contribution in [-0.2, 0) is 9.68 Å². The number of nitrogens with zero attached hydrogens (tertiary/aromatic N) is 4. The molecule has 0 aliphatic heterocycles. The van der Waals surface area contributed by atoms with Crippen LogP contribution in [0, 0.1) is 9.81 Å². The van der Waals surface area contributed by atoms with Crippen LogP contribution in [0.25, 0.3) is 0 Å². The van der Waals surface area contributed by atoms with Crippen molar-refractivity contribution < 1.29 is 9.68 Å². The van der Waals surface area contributed by atoms with E-state index in [0.29, 0.717) is 0 Å². The first-order valence-corrected chi connectivity index (χ1v) is 4.29. The molecule has 0 aliphatic carbocycles. The van der Waals surface area contributed by atoms with Crippen molar-refractivity contribution in [2.75, 3.05) is 14.2 Å². The molecule has 0 aromatic heterocycles. The second kappa shape index (κ2) is 5.56. The molecule has 88 valence electrons. The average Bonchev–Trinajstić information content (AvgIpc) is 2.20. The predicted molar refractivity (Wildman–Crippen MR) is 52.8 cm³/mol. The molecular weight excluding hydrogens is 204 g/mol. The van der Waals surface area contributed by atoms with Crippen LogP contribution in [0.1, 0.15) is 20.8 Å². The van der Waals surface area contributed by atoms with Gasteiger partial charge in [0.1, 0.15) is 11.6 Å². The number of hydrogen-bond acceptors (Lipinski definition) is 6. The van der Waals surface area contributed by atoms with E-state index in [2.05, 4.69) is 10.6 Å². The minimum absolute atomic E-state index is 0.516. The van der Waals surface area contributed by atoms with Crippen molar-refractivity contribution in [3.05, 3.63) is 9.81 Å². The summed E-state index contributed by atoms with van der Waals surface area (Å²) < 4.78 is 0. The van der Waals surface area contributed by atoms with Gasteiger partial charge in [-0.15, -0.1) is 20.2 Å². The van der Waals surface area contributed by atoms with Crippen molar-refractivity contribution in [3.63, 3.8) is 0 Å². The Bertz CT molecular complexity index is 223. The molecule has 8 nitrogen and oxygen atoms in total. The molecule has 1 atom stereocenters. The fourth-order valence-corrected chi connectivity index (χ4v) is 1.07. The van der Waals surface area contributed by atoms with Crippen LogP contribution in [0.4, 0.5) is 0 Å². The van der Waals surface area contributed by atoms with Crippen LogP contribution in [0.15, 0.2) is 10.6 Å². The zero-order valence-corrected chi connectivity index (χ0v) is 9.50. The second-order valence-corrected chi connectivity index (χ2v) is 3.43. The minimum atomic E-state index is -0.861. The standard InChI is InChI=1S/C7H16N4O4/c1-6(10(8-12)14-4)7(2,3)11(9-13)15-5/h6H,1-5H3. The van der Waals surface area contributed by atoms with Gasteiger partial charge in [0, 0.05) is 0 Å². The molecule has 0 aliphatic rings. The Morgan fingerprint density at radius 2 is 1.67 bits per heavy atom. The fraction of sp³-hybridized carbons (Fsp3) is 1.00. The molecule has 1 unspecified atom stereocenters. The molecule has 0 saturated heterocycles. The highest BCUT2D eigenvalue weighted by Gasteiger charge is 2.39. The van der Waals surface area contributed by atoms with Gasteiger partial charge < -0.3 is 0 Å². The van der Waals surface area contributed by atoms with Gasteiger partial charge in [-0.05, 0) is 20.8 Å². The SMILES string of the molecule is CON(N=O)C(C)C(C)(C)N(N=O)OC. The van der Waals surface area contributed by atoms with Gasteiger partial charge in [0.15, 0.2) is 0 Å². The maximum Gasteiger partial charge on any atom is 0.108 e. The molecular formula is C7H16N4O4. The van der Waals surface area contributed by atoms with Crippen LogP contribution in [-0.4, -0.2) is 36.1 Å². The topological polar surface area (TPSA) is 83.8 Å². The summed E-state index contributed by atoms with van der Waals surface area (Å²) in [6.07, 6.45) is 0. The van der Waals surface area contributed by atoms with Crippen LogP contribution in [0.2, 0.25) is 0 Å². The summed E-state index contributed by atoms with van der Waals surface area (Å²) in [5, 5.41) is 7.02. The van der Waals surface area contributed by atoms with E-state index in [1.54, 1.807) is 20.8 Å². The van der Waals surface area contributed by atoms with E-state index in [1.165, 1.54) is 14.2 Å². The van der Waals surface area contributed by atoms with Gasteiger partial charge in [0.05, 0.1) is 24.8 Å². The first-order chi connectivity index (χ1) is 6.95. The minimum Gasteiger partial charge on any atom is -0.257 e. The van der Waals surface area contributed by atoms with Gasteiger partial charge in [-0.3, -0.25) is 9.68 Å². The molecule has 0 fully saturated rings. The highest BCUT2D eigenvalue weighted by Crippen LogP contribution is 2.23. The third-order valence-electron chi connectivity index (χ3n) is 2.36. The van der Waals surface area contributed by atoms with Crippen molar-refractivity contribution in [2.45, 2.75) is 32.4 Å². The molecule has 8 heteroatoms. The van der Waals surface area contributed by atoms with Gasteiger partial charge in [-0.1, -0.05) is 0 Å². The lowest BCUT2D eigenvalue weighted by Crippen LogP contribution is -2.53. The summed E-state index contributed by atoms with van der Waals surface area (Å²) in [4.78, 5) is 30.3. The highest BCUT2D eigenvalue weighted by atomic mass is 16.7. The van der Waals surface area contributed by atoms with Gasteiger partial charge in [0.2, 0.25) is 0 Å². The molecule has 15 heavy (non-hydrogen) atoms. The van der Waals surface area contributed by atoms with E-state index in [9.17, 15) is 9.81 Å². The van der Waals surface area contributed by atoms with Crippen molar-refractivity contribution in [1.82, 2.24) is 10.3 Å². The Hall–Kier alpha value is -1.28. The summed E-state index contributed by atoms with van der Waals surface area (Å²) in [7, 11) is 2.61. The summed E-state index contributed by atoms with van der Waals surface area (Å²) >= 11 is 0. The van der Waals surface area contributed by atoms with Crippen LogP contribution >= 0.6 is 0 Å². The van der Waals surface area contributed by atoms with E-state index in [0.717, 1.165) is 10.3 Å². The smallest absolute Gasteiger partial charge is 0.108 e. The zero-order valence-electron chi connectivity index (χ0n) is 9.50. The normalized spacial score (nSPS) is 13.1. The Morgan fingerprint density at radius 1 is 1.13 bits per heavy atom. The Balaban J connectivity index is 4.82. The molecule has 0 heterocycles. The predicted octanol–water partition coefficient (Wildman–Crippen LogP) is 1.24. The van der Waals surface area contributed by atoms with Crippen molar-refractivity contribution in [1.29, 1.82) is 0 Å². The lowest BCUT2D eigenvalue weighted by Gasteiger charge is -2.38. The number of rotatable bonds is 7. The maximum absolute atomic E-state index is 10.5. The van der Waals surface area contributed by atoms with E-state index < -0.39 is 11.6 Å². The first-order valence-electron chi connectivity index (χ1n) is 4.29. The monoisotopic (exact) mass is 220 g/mol. The molecule has 0 saturated carbocycles. The van der Waals surface area contributed by atoms with Crippen molar-refractivity contribution in [3.8, 4) is 0 Å². The molecule has 0 radical (unpaired) electrons. The maximum atomic E-state index is 10.5. The Kier molecular flexibility index (Phi) is 5.09. The quantitative estimate of drug-likeness (QED) is 0.474. The average molecular weight is 220 g/mol. The molecule has 0 spiro atoms. The largest absolute Gasteiger partial charge is 0.257 e. The highest BCUT2D eigenvalue weighted by molar-refractivity contribution is 4.85. The Labute approximate surface area is 87.9 Å². The molecule has 0 rings (SSSR count). The third kappa shape index (κ3) is 2.83. The lowest BCUT2D eigenvalue weighted by atomic mass is 9.97. The van der Waals surface area contributed by atoms with Gasteiger partial charge in [-0.25, -0.2) is 0 Å². The van der Waals surface area contributed by atoms with Gasteiger partial charge in [0.25, 0.3) is 0 Å². The van der Waals surface area contributed by atoms with Gasteiger partial charge >= 0.3 is 0 Å². The van der Waals surface area contributed by atoms with E-state index >= 15 is 0 Å². The summed E-state index contributed by atoms with van der Waals surface area (Å²) in [6.45, 7) is 4.99. The lowest BCUT2D eigenvalue weighted by molar-refractivity contribution is -0.251. The van der Waals surface area contributed by atoms with Crippen LogP contribution in [0.5, 0.6) is 0 Å². The van der Waals surface area contributed by atoms with Crippen molar-refractivity contribution in [2.24, 2.45) is 10.6 Å². The second-order valence-electron chi connectivity index (χ2n) is 3.43. The molecule has 0 aromatic carbocycles. The van der Waals surface area contributed by atoms with E-state index in [4.69, 9.17) is 9.68 Å². The molecule has 0 aromatic rings. The first kappa shape index (κ1) is 13.7. The third-order valence-corrected chi connectivity index (χ3v) is 2.36. The molecule has 0 N–H and O–H groups in total. The zero-order chi connectivity index (χ0) is 12.1. The number of nitroso groups, excluding NO2 is 2. The van der Waals surface area contributed by atoms with Crippen molar-refractivity contribution >= 4 is 0 Å². The molecule has 0 amide bonds. The summed E-state index contributed by atoms with van der Waals surface area (Å²) in [5.41, 5.74) is -0.861. The summed E-state index contributed by atoms with van der Waals surface area (Å²) in [5.74, 6) is 0.